The van der Waals surface area contributed by atoms with Crippen molar-refractivity contribution in [1.29, 1.82) is 0 Å². The number of hydrogen-bond acceptors (Lipinski definition) is 6. The Kier molecular flexibility index (Phi) is 4.81. The van der Waals surface area contributed by atoms with Crippen LogP contribution in [0.2, 0.25) is 0 Å². The first-order valence-corrected chi connectivity index (χ1v) is 8.78. The Morgan fingerprint density at radius 1 is 1.31 bits per heavy atom. The number of anilines is 1. The van der Waals surface area contributed by atoms with E-state index in [0.29, 0.717) is 11.7 Å². The Labute approximate surface area is 153 Å². The molecule has 3 rings (SSSR count). The lowest BCUT2D eigenvalue weighted by atomic mass is 10.1. The zero-order valence-corrected chi connectivity index (χ0v) is 15.3. The fourth-order valence-corrected chi connectivity index (χ4v) is 3.28. The highest BCUT2D eigenvalue weighted by Gasteiger charge is 2.26. The van der Waals surface area contributed by atoms with Gasteiger partial charge in [-0.15, -0.1) is 11.3 Å². The molecule has 2 aromatic heterocycles. The van der Waals surface area contributed by atoms with Crippen molar-refractivity contribution in [1.82, 2.24) is 14.8 Å². The molecule has 0 aliphatic carbocycles. The first-order chi connectivity index (χ1) is 12.4. The van der Waals surface area contributed by atoms with Crippen molar-refractivity contribution < 1.29 is 9.72 Å². The van der Waals surface area contributed by atoms with E-state index in [4.69, 9.17) is 0 Å². The number of amides is 1. The first-order valence-electron chi connectivity index (χ1n) is 7.96. The van der Waals surface area contributed by atoms with Gasteiger partial charge in [-0.2, -0.15) is 5.10 Å². The smallest absolute Gasteiger partial charge is 0.296 e. The van der Waals surface area contributed by atoms with E-state index in [0.717, 1.165) is 21.7 Å². The van der Waals surface area contributed by atoms with Crippen LogP contribution < -0.4 is 5.32 Å². The molecule has 8 nitrogen and oxygen atoms in total. The molecule has 1 aromatic carbocycles. The van der Waals surface area contributed by atoms with Crippen molar-refractivity contribution >= 4 is 28.1 Å². The van der Waals surface area contributed by atoms with Gasteiger partial charge in [-0.25, -0.2) is 4.98 Å². The highest BCUT2D eigenvalue weighted by Crippen LogP contribution is 2.31. The van der Waals surface area contributed by atoms with Gasteiger partial charge in [-0.05, 0) is 20.8 Å². The van der Waals surface area contributed by atoms with Gasteiger partial charge in [0, 0.05) is 17.0 Å². The zero-order valence-electron chi connectivity index (χ0n) is 14.5. The minimum absolute atomic E-state index is 0.221. The molecule has 0 unspecified atom stereocenters. The molecular weight excluding hydrogens is 354 g/mol. The number of carbonyl (C=O) groups excluding carboxylic acids is 1. The van der Waals surface area contributed by atoms with E-state index in [1.807, 2.05) is 38.1 Å². The molecule has 0 atom stereocenters. The topological polar surface area (TPSA) is 103 Å². The minimum Gasteiger partial charge on any atom is -0.296 e. The second-order valence-corrected chi connectivity index (χ2v) is 6.92. The number of nitrogens with zero attached hydrogens (tertiary/aromatic N) is 4. The predicted octanol–water partition coefficient (Wildman–Crippen LogP) is 3.80. The van der Waals surface area contributed by atoms with Crippen molar-refractivity contribution in [2.45, 2.75) is 27.3 Å². The maximum absolute atomic E-state index is 12.4. The third-order valence-electron chi connectivity index (χ3n) is 3.82. The molecule has 0 aliphatic heterocycles. The predicted molar refractivity (Wildman–Crippen MR) is 99.5 cm³/mol. The second kappa shape index (κ2) is 7.04. The largest absolute Gasteiger partial charge is 0.320 e. The lowest BCUT2D eigenvalue weighted by Gasteiger charge is -2.00. The van der Waals surface area contributed by atoms with Crippen molar-refractivity contribution in [2.24, 2.45) is 0 Å². The van der Waals surface area contributed by atoms with Crippen LogP contribution in [0.25, 0.3) is 11.3 Å². The van der Waals surface area contributed by atoms with Crippen LogP contribution in [0, 0.1) is 24.0 Å². The van der Waals surface area contributed by atoms with Crippen LogP contribution in [0.1, 0.15) is 27.9 Å². The minimum atomic E-state index is -0.645. The lowest BCUT2D eigenvalue weighted by molar-refractivity contribution is -0.385. The van der Waals surface area contributed by atoms with Crippen molar-refractivity contribution in [2.75, 3.05) is 5.32 Å². The van der Waals surface area contributed by atoms with Gasteiger partial charge in [0.05, 0.1) is 10.6 Å². The monoisotopic (exact) mass is 371 g/mol. The molecule has 0 radical (unpaired) electrons. The highest BCUT2D eigenvalue weighted by atomic mass is 32.1. The van der Waals surface area contributed by atoms with Gasteiger partial charge >= 0.3 is 5.69 Å². The van der Waals surface area contributed by atoms with Gasteiger partial charge in [0.1, 0.15) is 6.20 Å². The summed E-state index contributed by atoms with van der Waals surface area (Å²) in [5, 5.41) is 18.1. The molecule has 0 saturated heterocycles. The maximum atomic E-state index is 12.4. The molecule has 3 aromatic rings. The average Bonchev–Trinajstić information content (AvgIpc) is 3.19. The van der Waals surface area contributed by atoms with Crippen molar-refractivity contribution in [3.63, 3.8) is 0 Å². The van der Waals surface area contributed by atoms with E-state index in [2.05, 4.69) is 15.4 Å². The highest BCUT2D eigenvalue weighted by molar-refractivity contribution is 7.16. The molecule has 1 N–H and O–H groups in total. The SMILES string of the molecule is CCn1cc([N+](=O)[O-])c(C(=O)Nc2nc(-c3ccc(C)cc3)c(C)s2)n1. The van der Waals surface area contributed by atoms with Crippen LogP contribution in [-0.2, 0) is 6.54 Å². The standard InChI is InChI=1S/C17H17N5O3S/c1-4-21-9-13(22(24)25)15(20-21)16(23)19-17-18-14(11(3)26-17)12-7-5-10(2)6-8-12/h5-9H,4H2,1-3H3,(H,18,19,23). The zero-order chi connectivity index (χ0) is 18.8. The number of carbonyl (C=O) groups is 1. The van der Waals surface area contributed by atoms with Gasteiger partial charge < -0.3 is 0 Å². The number of nitro groups is 1. The van der Waals surface area contributed by atoms with Crippen LogP contribution in [0.5, 0.6) is 0 Å². The summed E-state index contributed by atoms with van der Waals surface area (Å²) >= 11 is 1.32. The number of nitrogens with one attached hydrogen (secondary N) is 1. The Balaban J connectivity index is 1.87. The van der Waals surface area contributed by atoms with Crippen LogP contribution in [-0.4, -0.2) is 25.6 Å². The number of rotatable bonds is 5. The van der Waals surface area contributed by atoms with Crippen LogP contribution in [0.3, 0.4) is 0 Å². The van der Waals surface area contributed by atoms with E-state index < -0.39 is 10.8 Å². The summed E-state index contributed by atoms with van der Waals surface area (Å²) in [5.74, 6) is -0.645. The number of aromatic nitrogens is 3. The second-order valence-electron chi connectivity index (χ2n) is 5.72. The number of aryl methyl sites for hydroxylation is 3. The van der Waals surface area contributed by atoms with E-state index in [1.54, 1.807) is 6.92 Å². The summed E-state index contributed by atoms with van der Waals surface area (Å²) in [4.78, 5) is 28.4. The first kappa shape index (κ1) is 17.7. The van der Waals surface area contributed by atoms with Gasteiger partial charge in [-0.3, -0.25) is 24.9 Å². The molecule has 0 saturated carbocycles. The molecule has 0 bridgehead atoms. The van der Waals surface area contributed by atoms with Gasteiger partial charge in [0.15, 0.2) is 5.13 Å². The normalized spacial score (nSPS) is 10.7. The molecule has 26 heavy (non-hydrogen) atoms. The average molecular weight is 371 g/mol. The molecule has 134 valence electrons. The Morgan fingerprint density at radius 3 is 2.62 bits per heavy atom. The summed E-state index contributed by atoms with van der Waals surface area (Å²) in [5.41, 5.74) is 2.33. The molecule has 0 fully saturated rings. The van der Waals surface area contributed by atoms with Crippen LogP contribution in [0.4, 0.5) is 10.8 Å². The van der Waals surface area contributed by atoms with E-state index >= 15 is 0 Å². The van der Waals surface area contributed by atoms with Gasteiger partial charge in [0.2, 0.25) is 5.69 Å². The summed E-state index contributed by atoms with van der Waals surface area (Å²) in [6.07, 6.45) is 1.25. The lowest BCUT2D eigenvalue weighted by Crippen LogP contribution is -2.14. The Morgan fingerprint density at radius 2 is 2.00 bits per heavy atom. The summed E-state index contributed by atoms with van der Waals surface area (Å²) in [7, 11) is 0. The Bertz CT molecular complexity index is 975. The van der Waals surface area contributed by atoms with E-state index in [9.17, 15) is 14.9 Å². The molecule has 9 heteroatoms. The molecule has 2 heterocycles. The molecule has 0 spiro atoms. The van der Waals surface area contributed by atoms with Crippen LogP contribution >= 0.6 is 11.3 Å². The van der Waals surface area contributed by atoms with Gasteiger partial charge in [0.25, 0.3) is 5.91 Å². The number of thiazole rings is 1. The van der Waals surface area contributed by atoms with E-state index in [-0.39, 0.29) is 11.4 Å². The fourth-order valence-electron chi connectivity index (χ4n) is 2.45. The quantitative estimate of drug-likeness (QED) is 0.543. The van der Waals surface area contributed by atoms with Crippen LogP contribution in [0.15, 0.2) is 30.5 Å². The fraction of sp³-hybridized carbons (Fsp3) is 0.235. The van der Waals surface area contributed by atoms with E-state index in [1.165, 1.54) is 22.2 Å². The summed E-state index contributed by atoms with van der Waals surface area (Å²) in [6.45, 7) is 6.14. The number of benzene rings is 1. The molecule has 1 amide bonds. The maximum Gasteiger partial charge on any atom is 0.320 e. The number of hydrogen-bond donors (Lipinski definition) is 1. The summed E-state index contributed by atoms with van der Waals surface area (Å²) in [6, 6.07) is 7.92. The Hall–Kier alpha value is -3.07. The summed E-state index contributed by atoms with van der Waals surface area (Å²) < 4.78 is 1.36. The van der Waals surface area contributed by atoms with Crippen molar-refractivity contribution in [3.05, 3.63) is 56.7 Å². The molecular formula is C17H17N5O3S. The third kappa shape index (κ3) is 3.47. The molecule has 0 aliphatic rings. The third-order valence-corrected chi connectivity index (χ3v) is 4.71. The van der Waals surface area contributed by atoms with Crippen molar-refractivity contribution in [3.8, 4) is 11.3 Å². The van der Waals surface area contributed by atoms with Gasteiger partial charge in [-0.1, -0.05) is 29.8 Å².